The Morgan fingerprint density at radius 2 is 1.93 bits per heavy atom. The molecule has 0 spiro atoms. The zero-order valence-corrected chi connectivity index (χ0v) is 11.5. The maximum absolute atomic E-state index is 11.7. The van der Waals surface area contributed by atoms with E-state index in [-0.39, 0.29) is 11.2 Å². The minimum atomic E-state index is -1.55. The topological polar surface area (TPSA) is 26.3 Å². The van der Waals surface area contributed by atoms with E-state index in [0.717, 1.165) is 18.4 Å². The Morgan fingerprint density at radius 3 is 2.47 bits per heavy atom. The molecule has 0 bridgehead atoms. The van der Waals surface area contributed by atoms with E-state index in [2.05, 4.69) is 33.5 Å². The molecule has 0 aromatic rings. The normalized spacial score (nSPS) is 24.3. The van der Waals surface area contributed by atoms with E-state index >= 15 is 0 Å². The molecule has 1 saturated carbocycles. The first-order valence-electron chi connectivity index (χ1n) is 5.60. The summed E-state index contributed by atoms with van der Waals surface area (Å²) in [6, 6.07) is 0. The summed E-state index contributed by atoms with van der Waals surface area (Å²) in [5.41, 5.74) is 1.14. The van der Waals surface area contributed by atoms with Crippen LogP contribution in [0.1, 0.15) is 33.1 Å². The van der Waals surface area contributed by atoms with Crippen LogP contribution >= 0.6 is 0 Å². The van der Waals surface area contributed by atoms with Gasteiger partial charge in [0.2, 0.25) is 8.32 Å². The predicted molar refractivity (Wildman–Crippen MR) is 65.2 cm³/mol. The van der Waals surface area contributed by atoms with Crippen LogP contribution in [0.15, 0.2) is 11.8 Å². The minimum absolute atomic E-state index is 0.253. The molecule has 1 aliphatic rings. The monoisotopic (exact) mass is 226 g/mol. The fraction of sp³-hybridized carbons (Fsp3) is 0.750. The quantitative estimate of drug-likeness (QED) is 0.409. The molecule has 0 radical (unpaired) electrons. The molecule has 0 amide bonds. The van der Waals surface area contributed by atoms with Crippen molar-refractivity contribution in [1.82, 2.24) is 0 Å². The number of allylic oxidation sites excluding steroid dienone is 1. The fourth-order valence-corrected chi connectivity index (χ4v) is 2.17. The van der Waals surface area contributed by atoms with Gasteiger partial charge in [-0.2, -0.15) is 0 Å². The van der Waals surface area contributed by atoms with Crippen LogP contribution in [0, 0.1) is 5.41 Å². The van der Waals surface area contributed by atoms with Crippen LogP contribution in [0.4, 0.5) is 0 Å². The summed E-state index contributed by atoms with van der Waals surface area (Å²) >= 11 is 0. The fourth-order valence-electron chi connectivity index (χ4n) is 1.67. The first-order chi connectivity index (χ1) is 6.70. The van der Waals surface area contributed by atoms with Gasteiger partial charge in [0, 0.05) is 12.0 Å². The molecule has 0 N–H and O–H groups in total. The van der Waals surface area contributed by atoms with Gasteiger partial charge in [0.05, 0.1) is 6.26 Å². The first-order valence-corrected chi connectivity index (χ1v) is 9.01. The summed E-state index contributed by atoms with van der Waals surface area (Å²) in [4.78, 5) is 11.7. The van der Waals surface area contributed by atoms with Crippen molar-refractivity contribution in [3.63, 3.8) is 0 Å². The van der Waals surface area contributed by atoms with Crippen LogP contribution < -0.4 is 0 Å². The third-order valence-corrected chi connectivity index (χ3v) is 3.44. The molecule has 0 aromatic heterocycles. The molecule has 1 fully saturated rings. The number of Topliss-reactive ketones (excluding diaryl/α,β-unsaturated/α-hetero) is 1. The van der Waals surface area contributed by atoms with Gasteiger partial charge in [-0.3, -0.25) is 4.79 Å². The number of rotatable bonds is 2. The molecule has 0 unspecified atom stereocenters. The van der Waals surface area contributed by atoms with Crippen LogP contribution in [-0.4, -0.2) is 14.1 Å². The van der Waals surface area contributed by atoms with Crippen LogP contribution in [0.3, 0.4) is 0 Å². The van der Waals surface area contributed by atoms with E-state index in [1.54, 1.807) is 6.26 Å². The van der Waals surface area contributed by atoms with Crippen molar-refractivity contribution in [1.29, 1.82) is 0 Å². The summed E-state index contributed by atoms with van der Waals surface area (Å²) in [5.74, 6) is 0.271. The summed E-state index contributed by atoms with van der Waals surface area (Å²) in [6.07, 6.45) is 4.26. The summed E-state index contributed by atoms with van der Waals surface area (Å²) in [5, 5.41) is 0. The molecule has 86 valence electrons. The molecule has 1 rings (SSSR count). The number of carbonyl (C=O) groups is 1. The van der Waals surface area contributed by atoms with Crippen LogP contribution in [-0.2, 0) is 9.22 Å². The average molecular weight is 226 g/mol. The van der Waals surface area contributed by atoms with Gasteiger partial charge in [-0.15, -0.1) is 0 Å². The molecule has 1 aliphatic carbocycles. The lowest BCUT2D eigenvalue weighted by molar-refractivity contribution is -0.117. The van der Waals surface area contributed by atoms with Crippen LogP contribution in [0.2, 0.25) is 19.6 Å². The number of ketones is 1. The average Bonchev–Trinajstić information content (AvgIpc) is 2.05. The van der Waals surface area contributed by atoms with E-state index in [4.69, 9.17) is 4.43 Å². The molecule has 2 nitrogen and oxygen atoms in total. The molecule has 3 heteroatoms. The van der Waals surface area contributed by atoms with Crippen LogP contribution in [0.5, 0.6) is 0 Å². The van der Waals surface area contributed by atoms with Gasteiger partial charge in [0.1, 0.15) is 0 Å². The van der Waals surface area contributed by atoms with E-state index in [9.17, 15) is 4.79 Å². The summed E-state index contributed by atoms with van der Waals surface area (Å²) in [7, 11) is -1.55. The first kappa shape index (κ1) is 12.5. The van der Waals surface area contributed by atoms with Crippen LogP contribution in [0.25, 0.3) is 0 Å². The second-order valence-corrected chi connectivity index (χ2v) is 10.6. The standard InChI is InChI=1S/C12H22O2Si/c1-12(2)7-6-11(13)10(8-12)9-14-15(3,4)5/h9H,6-8H2,1-5H3. The van der Waals surface area contributed by atoms with E-state index in [1.807, 2.05) is 0 Å². The highest BCUT2D eigenvalue weighted by Gasteiger charge is 2.29. The van der Waals surface area contributed by atoms with Crippen molar-refractivity contribution >= 4 is 14.1 Å². The third-order valence-electron chi connectivity index (χ3n) is 2.61. The molecule has 0 saturated heterocycles. The van der Waals surface area contributed by atoms with Gasteiger partial charge < -0.3 is 4.43 Å². The van der Waals surface area contributed by atoms with Gasteiger partial charge in [-0.1, -0.05) is 13.8 Å². The smallest absolute Gasteiger partial charge is 0.241 e. The Kier molecular flexibility index (Phi) is 3.43. The molecule has 0 aliphatic heterocycles. The Labute approximate surface area is 93.8 Å². The minimum Gasteiger partial charge on any atom is -0.549 e. The largest absolute Gasteiger partial charge is 0.549 e. The van der Waals surface area contributed by atoms with Gasteiger partial charge >= 0.3 is 0 Å². The summed E-state index contributed by atoms with van der Waals surface area (Å²) in [6.45, 7) is 10.8. The predicted octanol–water partition coefficient (Wildman–Crippen LogP) is 3.50. The molecule has 0 aromatic carbocycles. The lowest BCUT2D eigenvalue weighted by atomic mass is 9.75. The van der Waals surface area contributed by atoms with Gasteiger partial charge in [0.25, 0.3) is 0 Å². The molecular formula is C12H22O2Si. The second kappa shape index (κ2) is 4.12. The van der Waals surface area contributed by atoms with Crippen molar-refractivity contribution in [3.05, 3.63) is 11.8 Å². The molecule has 0 heterocycles. The Bertz CT molecular complexity index is 284. The SMILES string of the molecule is CC1(C)CCC(=O)C(=CO[Si](C)(C)C)C1. The Hall–Kier alpha value is -0.573. The number of carbonyl (C=O) groups excluding carboxylic acids is 1. The summed E-state index contributed by atoms with van der Waals surface area (Å²) < 4.78 is 5.69. The maximum Gasteiger partial charge on any atom is 0.241 e. The maximum atomic E-state index is 11.7. The highest BCUT2D eigenvalue weighted by Crippen LogP contribution is 2.36. The van der Waals surface area contributed by atoms with Crippen molar-refractivity contribution in [2.24, 2.45) is 5.41 Å². The van der Waals surface area contributed by atoms with E-state index < -0.39 is 8.32 Å². The zero-order valence-electron chi connectivity index (χ0n) is 10.5. The van der Waals surface area contributed by atoms with Crippen molar-refractivity contribution in [2.45, 2.75) is 52.8 Å². The number of hydrogen-bond acceptors (Lipinski definition) is 2. The molecule has 15 heavy (non-hydrogen) atoms. The Morgan fingerprint density at radius 1 is 1.33 bits per heavy atom. The van der Waals surface area contributed by atoms with E-state index in [0.29, 0.717) is 6.42 Å². The van der Waals surface area contributed by atoms with E-state index in [1.165, 1.54) is 0 Å². The van der Waals surface area contributed by atoms with Gasteiger partial charge in [-0.25, -0.2) is 0 Å². The third kappa shape index (κ3) is 4.20. The lowest BCUT2D eigenvalue weighted by Crippen LogP contribution is -2.26. The highest BCUT2D eigenvalue weighted by molar-refractivity contribution is 6.69. The molecular weight excluding hydrogens is 204 g/mol. The van der Waals surface area contributed by atoms with Crippen molar-refractivity contribution < 1.29 is 9.22 Å². The Balaban J connectivity index is 2.70. The zero-order chi connectivity index (χ0) is 11.7. The lowest BCUT2D eigenvalue weighted by Gasteiger charge is -2.30. The number of hydrogen-bond donors (Lipinski definition) is 0. The van der Waals surface area contributed by atoms with Gasteiger partial charge in [0.15, 0.2) is 5.78 Å². The van der Waals surface area contributed by atoms with Crippen molar-refractivity contribution in [3.8, 4) is 0 Å². The second-order valence-electron chi connectivity index (χ2n) is 6.14. The highest BCUT2D eigenvalue weighted by atomic mass is 28.4. The van der Waals surface area contributed by atoms with Crippen molar-refractivity contribution in [2.75, 3.05) is 0 Å². The van der Waals surface area contributed by atoms with Gasteiger partial charge in [-0.05, 0) is 37.9 Å². The molecule has 0 atom stereocenters.